The summed E-state index contributed by atoms with van der Waals surface area (Å²) in [5.74, 6) is -0.555. The van der Waals surface area contributed by atoms with Crippen molar-refractivity contribution >= 4 is 11.9 Å². The summed E-state index contributed by atoms with van der Waals surface area (Å²) in [6, 6.07) is 6.92. The molecule has 4 heteroatoms. The molecular weight excluding hydrogens is 340 g/mol. The van der Waals surface area contributed by atoms with E-state index in [1.165, 1.54) is 16.7 Å². The number of hydrogen-bond acceptors (Lipinski definition) is 3. The summed E-state index contributed by atoms with van der Waals surface area (Å²) in [4.78, 5) is 23.0. The normalized spacial score (nSPS) is 29.7. The van der Waals surface area contributed by atoms with E-state index in [-0.39, 0.29) is 30.1 Å². The Bertz CT molecular complexity index is 738. The molecule has 1 aromatic rings. The van der Waals surface area contributed by atoms with E-state index < -0.39 is 11.6 Å². The second kappa shape index (κ2) is 7.29. The number of rotatable bonds is 5. The average Bonchev–Trinajstić information content (AvgIpc) is 2.59. The van der Waals surface area contributed by atoms with E-state index >= 15 is 0 Å². The van der Waals surface area contributed by atoms with Crippen molar-refractivity contribution < 1.29 is 19.4 Å². The Kier molecular flexibility index (Phi) is 5.38. The fourth-order valence-electron chi connectivity index (χ4n) is 5.45. The summed E-state index contributed by atoms with van der Waals surface area (Å²) >= 11 is 0. The minimum absolute atomic E-state index is 0.00315. The number of carbonyl (C=O) groups excluding carboxylic acids is 1. The van der Waals surface area contributed by atoms with Gasteiger partial charge in [0.1, 0.15) is 5.60 Å². The lowest BCUT2D eigenvalue weighted by atomic mass is 9.53. The molecule has 3 rings (SSSR count). The van der Waals surface area contributed by atoms with Crippen LogP contribution in [0.15, 0.2) is 18.2 Å². The number of hydrogen-bond donors (Lipinski definition) is 1. The molecular formula is C23H32O4. The minimum atomic E-state index is -0.960. The van der Waals surface area contributed by atoms with Crippen molar-refractivity contribution in [3.8, 4) is 0 Å². The number of ether oxygens (including phenoxy) is 1. The molecule has 0 aliphatic heterocycles. The molecule has 1 saturated carbocycles. The number of aliphatic carboxylic acids is 1. The topological polar surface area (TPSA) is 63.6 Å². The highest BCUT2D eigenvalue weighted by atomic mass is 16.6. The van der Waals surface area contributed by atoms with Gasteiger partial charge in [-0.2, -0.15) is 0 Å². The number of esters is 1. The van der Waals surface area contributed by atoms with Gasteiger partial charge in [0.2, 0.25) is 0 Å². The van der Waals surface area contributed by atoms with Crippen LogP contribution in [0.3, 0.4) is 0 Å². The van der Waals surface area contributed by atoms with Crippen molar-refractivity contribution in [2.24, 2.45) is 5.92 Å². The summed E-state index contributed by atoms with van der Waals surface area (Å²) in [6.45, 7) is 8.83. The first-order chi connectivity index (χ1) is 12.7. The van der Waals surface area contributed by atoms with E-state index in [1.807, 2.05) is 0 Å². The van der Waals surface area contributed by atoms with Crippen LogP contribution < -0.4 is 0 Å². The van der Waals surface area contributed by atoms with Crippen LogP contribution >= 0.6 is 0 Å². The van der Waals surface area contributed by atoms with Crippen LogP contribution in [0.4, 0.5) is 0 Å². The lowest BCUT2D eigenvalue weighted by molar-refractivity contribution is -0.175. The second-order valence-electron chi connectivity index (χ2n) is 9.11. The predicted octanol–water partition coefficient (Wildman–Crippen LogP) is 4.98. The lowest BCUT2D eigenvalue weighted by Crippen LogP contribution is -2.54. The molecule has 148 valence electrons. The first-order valence-corrected chi connectivity index (χ1v) is 10.2. The van der Waals surface area contributed by atoms with Gasteiger partial charge in [-0.15, -0.1) is 0 Å². The van der Waals surface area contributed by atoms with Crippen LogP contribution in [0.2, 0.25) is 0 Å². The summed E-state index contributed by atoms with van der Waals surface area (Å²) in [5.41, 5.74) is 3.73. The highest BCUT2D eigenvalue weighted by molar-refractivity contribution is 5.76. The zero-order chi connectivity index (χ0) is 19.8. The summed E-state index contributed by atoms with van der Waals surface area (Å²) in [6.07, 6.45) is 4.77. The van der Waals surface area contributed by atoms with E-state index in [9.17, 15) is 9.59 Å². The monoisotopic (exact) mass is 372 g/mol. The molecule has 1 aromatic carbocycles. The summed E-state index contributed by atoms with van der Waals surface area (Å²) in [7, 11) is 0. The largest absolute Gasteiger partial charge is 0.481 e. The van der Waals surface area contributed by atoms with Crippen LogP contribution in [-0.2, 0) is 26.2 Å². The molecule has 0 spiro atoms. The van der Waals surface area contributed by atoms with Gasteiger partial charge in [0.25, 0.3) is 0 Å². The zero-order valence-corrected chi connectivity index (χ0v) is 17.0. The van der Waals surface area contributed by atoms with Crippen molar-refractivity contribution in [3.63, 3.8) is 0 Å². The molecule has 2 aliphatic rings. The van der Waals surface area contributed by atoms with E-state index in [0.29, 0.717) is 5.92 Å². The van der Waals surface area contributed by atoms with Gasteiger partial charge in [0, 0.05) is 5.92 Å². The number of carbonyl (C=O) groups is 2. The molecule has 0 unspecified atom stereocenters. The Balaban J connectivity index is 1.86. The first kappa shape index (κ1) is 19.9. The van der Waals surface area contributed by atoms with Crippen LogP contribution in [-0.4, -0.2) is 22.6 Å². The molecule has 0 bridgehead atoms. The van der Waals surface area contributed by atoms with Crippen molar-refractivity contribution in [1.29, 1.82) is 0 Å². The maximum Gasteiger partial charge on any atom is 0.306 e. The van der Waals surface area contributed by atoms with E-state index in [1.54, 1.807) is 0 Å². The zero-order valence-electron chi connectivity index (χ0n) is 17.0. The van der Waals surface area contributed by atoms with Gasteiger partial charge in [0.05, 0.1) is 12.8 Å². The molecule has 3 atom stereocenters. The molecule has 0 amide bonds. The van der Waals surface area contributed by atoms with Gasteiger partial charge in [-0.05, 0) is 67.1 Å². The van der Waals surface area contributed by atoms with Crippen molar-refractivity contribution in [2.45, 2.75) is 89.6 Å². The van der Waals surface area contributed by atoms with Gasteiger partial charge in [-0.25, -0.2) is 0 Å². The fraction of sp³-hybridized carbons (Fsp3) is 0.652. The highest BCUT2D eigenvalue weighted by Gasteiger charge is 2.53. The lowest BCUT2D eigenvalue weighted by Gasteiger charge is -2.54. The molecule has 1 N–H and O–H groups in total. The fourth-order valence-corrected chi connectivity index (χ4v) is 5.45. The van der Waals surface area contributed by atoms with Crippen molar-refractivity contribution in [3.05, 3.63) is 34.9 Å². The van der Waals surface area contributed by atoms with Gasteiger partial charge in [0.15, 0.2) is 0 Å². The molecule has 0 radical (unpaired) electrons. The van der Waals surface area contributed by atoms with Crippen LogP contribution in [0.5, 0.6) is 0 Å². The van der Waals surface area contributed by atoms with Crippen molar-refractivity contribution in [1.82, 2.24) is 0 Å². The van der Waals surface area contributed by atoms with Gasteiger partial charge >= 0.3 is 11.9 Å². The molecule has 0 saturated heterocycles. The molecule has 4 nitrogen and oxygen atoms in total. The standard InChI is InChI=1S/C23H32O4/c1-15(2)16-6-8-18-17(14-16)7-9-19-22(18,3)12-5-13-23(19,4)27-21(26)11-10-20(24)25/h6,8,14-15,19H,5,7,9-13H2,1-4H3,(H,24,25)/t19-,22-,23-/m1/s1. The maximum atomic E-state index is 12.3. The molecule has 0 heterocycles. The summed E-state index contributed by atoms with van der Waals surface area (Å²) < 4.78 is 5.94. The molecule has 2 aliphatic carbocycles. The highest BCUT2D eigenvalue weighted by Crippen LogP contribution is 2.55. The third-order valence-corrected chi connectivity index (χ3v) is 6.88. The Morgan fingerprint density at radius 1 is 1.22 bits per heavy atom. The predicted molar refractivity (Wildman–Crippen MR) is 105 cm³/mol. The average molecular weight is 373 g/mol. The Morgan fingerprint density at radius 3 is 2.63 bits per heavy atom. The Morgan fingerprint density at radius 2 is 1.96 bits per heavy atom. The van der Waals surface area contributed by atoms with Gasteiger partial charge in [-0.1, -0.05) is 39.0 Å². The van der Waals surface area contributed by atoms with E-state index in [2.05, 4.69) is 45.9 Å². The van der Waals surface area contributed by atoms with Crippen LogP contribution in [0.25, 0.3) is 0 Å². The first-order valence-electron chi connectivity index (χ1n) is 10.2. The SMILES string of the molecule is CC(C)c1ccc2c(c1)CC[C@H]1[C@](C)(OC(=O)CCC(=O)O)CCC[C@]21C. The van der Waals surface area contributed by atoms with E-state index in [0.717, 1.165) is 32.1 Å². The number of carboxylic acids is 1. The second-order valence-corrected chi connectivity index (χ2v) is 9.11. The smallest absolute Gasteiger partial charge is 0.306 e. The number of benzene rings is 1. The molecule has 1 fully saturated rings. The van der Waals surface area contributed by atoms with Crippen LogP contribution in [0.1, 0.15) is 88.8 Å². The van der Waals surface area contributed by atoms with Gasteiger partial charge < -0.3 is 9.84 Å². The third-order valence-electron chi connectivity index (χ3n) is 6.88. The molecule has 0 aromatic heterocycles. The molecule has 27 heavy (non-hydrogen) atoms. The van der Waals surface area contributed by atoms with E-state index in [4.69, 9.17) is 9.84 Å². The third kappa shape index (κ3) is 3.76. The number of carboxylic acid groups (broad SMARTS) is 1. The summed E-state index contributed by atoms with van der Waals surface area (Å²) in [5, 5.41) is 8.82. The minimum Gasteiger partial charge on any atom is -0.481 e. The van der Waals surface area contributed by atoms with Crippen molar-refractivity contribution in [2.75, 3.05) is 0 Å². The Labute approximate surface area is 162 Å². The van der Waals surface area contributed by atoms with Crippen LogP contribution in [0, 0.1) is 5.92 Å². The number of fused-ring (bicyclic) bond motifs is 3. The maximum absolute atomic E-state index is 12.3. The Hall–Kier alpha value is -1.84. The number of aryl methyl sites for hydroxylation is 1. The van der Waals surface area contributed by atoms with Gasteiger partial charge in [-0.3, -0.25) is 9.59 Å². The quantitative estimate of drug-likeness (QED) is 0.740.